The van der Waals surface area contributed by atoms with Crippen molar-refractivity contribution in [2.24, 2.45) is 0 Å². The third kappa shape index (κ3) is 2.08. The molecule has 1 N–H and O–H groups in total. The van der Waals surface area contributed by atoms with Crippen molar-refractivity contribution in [1.29, 1.82) is 0 Å². The summed E-state index contributed by atoms with van der Waals surface area (Å²) >= 11 is 0. The van der Waals surface area contributed by atoms with Crippen LogP contribution in [0.2, 0.25) is 0 Å². The molecule has 3 rings (SSSR count). The Balaban J connectivity index is 1.92. The average molecular weight is 261 g/mol. The van der Waals surface area contributed by atoms with Crippen molar-refractivity contribution >= 4 is 5.97 Å². The molecule has 2 aliphatic rings. The van der Waals surface area contributed by atoms with Gasteiger partial charge in [-0.25, -0.2) is 4.79 Å². The molecule has 0 amide bonds. The van der Waals surface area contributed by atoms with E-state index < -0.39 is 5.97 Å². The Kier molecular flexibility index (Phi) is 3.14. The van der Waals surface area contributed by atoms with Gasteiger partial charge in [0.15, 0.2) is 5.69 Å². The van der Waals surface area contributed by atoms with E-state index in [1.807, 2.05) is 0 Å². The summed E-state index contributed by atoms with van der Waals surface area (Å²) in [4.78, 5) is 13.8. The predicted molar refractivity (Wildman–Crippen MR) is 71.4 cm³/mol. The lowest BCUT2D eigenvalue weighted by atomic mass is 9.89. The number of hydrogen-bond donors (Lipinski definition) is 1. The van der Waals surface area contributed by atoms with E-state index in [-0.39, 0.29) is 5.69 Å². The molecule has 1 aliphatic heterocycles. The quantitative estimate of drug-likeness (QED) is 0.831. The molecular weight excluding hydrogens is 242 g/mol. The van der Waals surface area contributed by atoms with Crippen LogP contribution in [-0.4, -0.2) is 44.9 Å². The van der Waals surface area contributed by atoms with E-state index in [4.69, 9.17) is 0 Å². The number of aromatic carboxylic acids is 1. The van der Waals surface area contributed by atoms with Crippen LogP contribution in [0.15, 0.2) is 12.7 Å². The van der Waals surface area contributed by atoms with Crippen LogP contribution in [-0.2, 0) is 19.4 Å². The molecule has 1 fully saturated rings. The van der Waals surface area contributed by atoms with Crippen molar-refractivity contribution in [3.63, 3.8) is 0 Å². The van der Waals surface area contributed by atoms with Gasteiger partial charge in [-0.05, 0) is 38.8 Å². The molecule has 1 aromatic heterocycles. The average Bonchev–Trinajstić information content (AvgIpc) is 2.66. The highest BCUT2D eigenvalue weighted by Crippen LogP contribution is 2.29. The molecule has 0 aromatic carbocycles. The number of aromatic nitrogens is 2. The number of allylic oxidation sites excluding steroid dienone is 1. The predicted octanol–water partition coefficient (Wildman–Crippen LogP) is 1.33. The van der Waals surface area contributed by atoms with Crippen LogP contribution in [0.4, 0.5) is 0 Å². The minimum absolute atomic E-state index is 0.238. The second kappa shape index (κ2) is 4.81. The number of carboxylic acid groups (broad SMARTS) is 1. The number of rotatable bonds is 4. The van der Waals surface area contributed by atoms with E-state index in [1.54, 1.807) is 10.8 Å². The molecule has 1 atom stereocenters. The summed E-state index contributed by atoms with van der Waals surface area (Å²) in [6.07, 6.45) is 5.89. The van der Waals surface area contributed by atoms with E-state index in [9.17, 15) is 9.90 Å². The Morgan fingerprint density at radius 3 is 2.89 bits per heavy atom. The van der Waals surface area contributed by atoms with Gasteiger partial charge in [-0.3, -0.25) is 9.58 Å². The standard InChI is InChI=1S/C14H19N3O2/c1-2-6-17-12-5-4-10(16-7-3-8-16)9-11(12)13(15-17)14(18)19/h2,10H,1,3-9H2,(H,18,19). The number of fused-ring (bicyclic) bond motifs is 1. The highest BCUT2D eigenvalue weighted by atomic mass is 16.4. The first-order valence-electron chi connectivity index (χ1n) is 6.87. The van der Waals surface area contributed by atoms with Gasteiger partial charge in [-0.15, -0.1) is 6.58 Å². The van der Waals surface area contributed by atoms with Crippen molar-refractivity contribution < 1.29 is 9.90 Å². The highest BCUT2D eigenvalue weighted by Gasteiger charge is 2.33. The molecule has 0 radical (unpaired) electrons. The zero-order chi connectivity index (χ0) is 13.4. The fourth-order valence-corrected chi connectivity index (χ4v) is 3.13. The van der Waals surface area contributed by atoms with E-state index in [0.29, 0.717) is 12.6 Å². The normalized spacial score (nSPS) is 22.6. The van der Waals surface area contributed by atoms with E-state index in [0.717, 1.165) is 43.6 Å². The monoisotopic (exact) mass is 261 g/mol. The first-order valence-corrected chi connectivity index (χ1v) is 6.87. The summed E-state index contributed by atoms with van der Waals surface area (Å²) < 4.78 is 1.80. The van der Waals surface area contributed by atoms with Crippen LogP contribution in [0.25, 0.3) is 0 Å². The number of carbonyl (C=O) groups is 1. The SMILES string of the molecule is C=CCn1nc(C(=O)O)c2c1CCC(N1CCC1)C2. The zero-order valence-electron chi connectivity index (χ0n) is 11.0. The summed E-state index contributed by atoms with van der Waals surface area (Å²) in [7, 11) is 0. The van der Waals surface area contributed by atoms with Crippen LogP contribution >= 0.6 is 0 Å². The molecule has 1 aromatic rings. The molecule has 5 heteroatoms. The maximum absolute atomic E-state index is 11.3. The van der Waals surface area contributed by atoms with Gasteiger partial charge >= 0.3 is 5.97 Å². The third-order valence-corrected chi connectivity index (χ3v) is 4.23. The van der Waals surface area contributed by atoms with Crippen LogP contribution in [0.5, 0.6) is 0 Å². The van der Waals surface area contributed by atoms with Crippen molar-refractivity contribution in [1.82, 2.24) is 14.7 Å². The maximum atomic E-state index is 11.3. The van der Waals surface area contributed by atoms with Gasteiger partial charge in [0.05, 0.1) is 6.54 Å². The van der Waals surface area contributed by atoms with Gasteiger partial charge in [0, 0.05) is 17.3 Å². The summed E-state index contributed by atoms with van der Waals surface area (Å²) in [6.45, 7) is 6.61. The second-order valence-electron chi connectivity index (χ2n) is 5.34. The van der Waals surface area contributed by atoms with Gasteiger partial charge in [-0.1, -0.05) is 6.08 Å². The molecule has 5 nitrogen and oxygen atoms in total. The van der Waals surface area contributed by atoms with Gasteiger partial charge in [0.2, 0.25) is 0 Å². The molecule has 0 saturated carbocycles. The van der Waals surface area contributed by atoms with Gasteiger partial charge < -0.3 is 5.11 Å². The van der Waals surface area contributed by atoms with Gasteiger partial charge in [0.1, 0.15) is 0 Å². The maximum Gasteiger partial charge on any atom is 0.356 e. The number of nitrogens with zero attached hydrogens (tertiary/aromatic N) is 3. The Bertz CT molecular complexity index is 517. The zero-order valence-corrected chi connectivity index (χ0v) is 11.0. The van der Waals surface area contributed by atoms with Crippen molar-refractivity contribution in [3.8, 4) is 0 Å². The lowest BCUT2D eigenvalue weighted by Gasteiger charge is -2.40. The third-order valence-electron chi connectivity index (χ3n) is 4.23. The highest BCUT2D eigenvalue weighted by molar-refractivity contribution is 5.87. The number of likely N-dealkylation sites (tertiary alicyclic amines) is 1. The molecule has 1 saturated heterocycles. The molecular formula is C14H19N3O2. The summed E-state index contributed by atoms with van der Waals surface area (Å²) in [5.41, 5.74) is 2.27. The Labute approximate surface area is 112 Å². The van der Waals surface area contributed by atoms with Crippen LogP contribution in [0.3, 0.4) is 0 Å². The Morgan fingerprint density at radius 1 is 1.53 bits per heavy atom. The molecule has 19 heavy (non-hydrogen) atoms. The smallest absolute Gasteiger partial charge is 0.356 e. The van der Waals surface area contributed by atoms with E-state index in [2.05, 4.69) is 16.6 Å². The van der Waals surface area contributed by atoms with Crippen LogP contribution < -0.4 is 0 Å². The molecule has 0 bridgehead atoms. The molecule has 1 unspecified atom stereocenters. The fourth-order valence-electron chi connectivity index (χ4n) is 3.13. The largest absolute Gasteiger partial charge is 0.476 e. The molecule has 102 valence electrons. The van der Waals surface area contributed by atoms with Gasteiger partial charge in [0.25, 0.3) is 0 Å². The van der Waals surface area contributed by atoms with E-state index in [1.165, 1.54) is 6.42 Å². The topological polar surface area (TPSA) is 58.4 Å². The minimum atomic E-state index is -0.914. The van der Waals surface area contributed by atoms with E-state index >= 15 is 0 Å². The lowest BCUT2D eigenvalue weighted by molar-refractivity contribution is 0.0686. The van der Waals surface area contributed by atoms with Crippen LogP contribution in [0.1, 0.15) is 34.6 Å². The summed E-state index contributed by atoms with van der Waals surface area (Å²) in [6, 6.07) is 0.501. The molecule has 1 aliphatic carbocycles. The molecule has 2 heterocycles. The number of carboxylic acids is 1. The Morgan fingerprint density at radius 2 is 2.32 bits per heavy atom. The summed E-state index contributed by atoms with van der Waals surface area (Å²) in [5.74, 6) is -0.914. The van der Waals surface area contributed by atoms with Crippen molar-refractivity contribution in [2.45, 2.75) is 38.3 Å². The second-order valence-corrected chi connectivity index (χ2v) is 5.34. The van der Waals surface area contributed by atoms with Crippen molar-refractivity contribution in [3.05, 3.63) is 29.6 Å². The van der Waals surface area contributed by atoms with Gasteiger partial charge in [-0.2, -0.15) is 5.10 Å². The first kappa shape index (κ1) is 12.4. The molecule has 0 spiro atoms. The summed E-state index contributed by atoms with van der Waals surface area (Å²) in [5, 5.41) is 13.5. The minimum Gasteiger partial charge on any atom is -0.476 e. The Hall–Kier alpha value is -1.62. The lowest BCUT2D eigenvalue weighted by Crippen LogP contribution is -2.47. The fraction of sp³-hybridized carbons (Fsp3) is 0.571. The van der Waals surface area contributed by atoms with Crippen molar-refractivity contribution in [2.75, 3.05) is 13.1 Å². The number of hydrogen-bond acceptors (Lipinski definition) is 3. The first-order chi connectivity index (χ1) is 9.20. The van der Waals surface area contributed by atoms with Crippen LogP contribution in [0, 0.1) is 0 Å².